The summed E-state index contributed by atoms with van der Waals surface area (Å²) in [6.07, 6.45) is 7.65. The van der Waals surface area contributed by atoms with Crippen molar-refractivity contribution in [2.24, 2.45) is 0 Å². The Kier molecular flexibility index (Phi) is 8.15. The van der Waals surface area contributed by atoms with Crippen molar-refractivity contribution in [3.63, 3.8) is 0 Å². The Labute approximate surface area is 320 Å². The fourth-order valence-electron chi connectivity index (χ4n) is 8.19. The zero-order valence-corrected chi connectivity index (χ0v) is 30.3. The molecule has 0 saturated carbocycles. The van der Waals surface area contributed by atoms with Crippen molar-refractivity contribution in [1.29, 1.82) is 5.26 Å². The second-order valence-electron chi connectivity index (χ2n) is 13.6. The van der Waals surface area contributed by atoms with Crippen molar-refractivity contribution >= 4 is 67.8 Å². The molecule has 258 valence electrons. The summed E-state index contributed by atoms with van der Waals surface area (Å²) in [5.41, 5.74) is 15.0. The van der Waals surface area contributed by atoms with E-state index in [1.807, 2.05) is 60.7 Å². The van der Waals surface area contributed by atoms with Crippen LogP contribution in [-0.2, 0) is 0 Å². The van der Waals surface area contributed by atoms with E-state index in [0.717, 1.165) is 105 Å². The molecule has 0 aliphatic heterocycles. The number of rotatable bonds is 8. The summed E-state index contributed by atoms with van der Waals surface area (Å²) >= 11 is 0. The summed E-state index contributed by atoms with van der Waals surface area (Å²) in [4.78, 5) is 5.29. The lowest BCUT2D eigenvalue weighted by atomic mass is 9.85. The molecule has 3 nitrogen and oxygen atoms in total. The van der Waals surface area contributed by atoms with Crippen LogP contribution >= 0.6 is 0 Å². The summed E-state index contributed by atoms with van der Waals surface area (Å²) in [5.74, 6) is 0. The smallest absolute Gasteiger partial charge is 0.0992 e. The number of hydrogen-bond acceptors (Lipinski definition) is 2. The molecule has 7 aromatic carbocycles. The number of nitrogens with zero attached hydrogens (tertiary/aromatic N) is 3. The quantitative estimate of drug-likeness (QED) is 0.148. The van der Waals surface area contributed by atoms with Gasteiger partial charge >= 0.3 is 0 Å². The van der Waals surface area contributed by atoms with Crippen molar-refractivity contribution in [2.75, 3.05) is 0 Å². The molecule has 0 N–H and O–H groups in total. The van der Waals surface area contributed by atoms with Gasteiger partial charge in [-0.05, 0) is 93.0 Å². The van der Waals surface area contributed by atoms with E-state index < -0.39 is 0 Å². The fourth-order valence-corrected chi connectivity index (χ4v) is 8.19. The number of pyridine rings is 1. The van der Waals surface area contributed by atoms with Gasteiger partial charge in [0.25, 0.3) is 0 Å². The fraction of sp³-hybridized carbons (Fsp3) is 0. The van der Waals surface area contributed by atoms with Crippen LogP contribution in [0.1, 0.15) is 27.8 Å². The van der Waals surface area contributed by atoms with Gasteiger partial charge in [0, 0.05) is 38.2 Å². The van der Waals surface area contributed by atoms with E-state index in [9.17, 15) is 5.26 Å². The lowest BCUT2D eigenvalue weighted by molar-refractivity contribution is 1.18. The molecule has 0 saturated heterocycles. The molecular weight excluding hydrogens is 667 g/mol. The third kappa shape index (κ3) is 5.31. The minimum atomic E-state index is 0.637. The zero-order chi connectivity index (χ0) is 37.6. The van der Waals surface area contributed by atoms with Gasteiger partial charge in [-0.2, -0.15) is 5.26 Å². The Morgan fingerprint density at radius 3 is 1.89 bits per heavy atom. The molecule has 2 heterocycles. The highest BCUT2D eigenvalue weighted by molar-refractivity contribution is 6.20. The Morgan fingerprint density at radius 2 is 1.20 bits per heavy atom. The number of fused-ring (bicyclic) bond motifs is 6. The first-order chi connectivity index (χ1) is 27.1. The number of aromatic nitrogens is 2. The molecule has 2 aromatic heterocycles. The average Bonchev–Trinajstić information content (AvgIpc) is 3.58. The zero-order valence-electron chi connectivity index (χ0n) is 30.3. The van der Waals surface area contributed by atoms with E-state index >= 15 is 0 Å². The molecule has 0 aliphatic rings. The van der Waals surface area contributed by atoms with Crippen molar-refractivity contribution in [3.8, 4) is 45.3 Å². The maximum Gasteiger partial charge on any atom is 0.0992 e. The summed E-state index contributed by atoms with van der Waals surface area (Å²) in [6.45, 7) is 16.9. The second-order valence-corrected chi connectivity index (χ2v) is 13.6. The first-order valence-corrected chi connectivity index (χ1v) is 18.2. The molecule has 0 atom stereocenters. The lowest BCUT2D eigenvalue weighted by Crippen LogP contribution is -1.98. The molecule has 0 unspecified atom stereocenters. The van der Waals surface area contributed by atoms with Gasteiger partial charge in [0.1, 0.15) is 0 Å². The topological polar surface area (TPSA) is 41.6 Å². The molecule has 9 aromatic rings. The Morgan fingerprint density at radius 1 is 0.509 bits per heavy atom. The van der Waals surface area contributed by atoms with Crippen LogP contribution in [0.5, 0.6) is 0 Å². The van der Waals surface area contributed by atoms with Gasteiger partial charge in [-0.15, -0.1) is 0 Å². The molecule has 0 fully saturated rings. The molecule has 3 heteroatoms. The standard InChI is InChI=1S/C52H35N3/c1-5-34-24-27-47-51(40(34)6-2)50-42(8-4)41(7-3)44(31-46(50)52(54-47)37-15-11-9-12-16-37)36-22-20-35(21-23-36)38-25-28-48-45(30-38)43-26-19-33(32-53)29-49(43)55(48)39-17-13-10-14-18-39/h5-31H,1-4H2. The van der Waals surface area contributed by atoms with Crippen LogP contribution < -0.4 is 0 Å². The molecule has 0 amide bonds. The van der Waals surface area contributed by atoms with E-state index in [4.69, 9.17) is 4.98 Å². The number of nitriles is 1. The number of para-hydroxylation sites is 1. The van der Waals surface area contributed by atoms with Crippen LogP contribution in [-0.4, -0.2) is 9.55 Å². The monoisotopic (exact) mass is 701 g/mol. The molecule has 0 aliphatic carbocycles. The van der Waals surface area contributed by atoms with Gasteiger partial charge in [-0.1, -0.05) is 142 Å². The third-order valence-corrected chi connectivity index (χ3v) is 10.7. The van der Waals surface area contributed by atoms with Gasteiger partial charge in [0.2, 0.25) is 0 Å². The SMILES string of the molecule is C=Cc1ccc2nc(-c3ccccc3)c3cc(-c4ccc(-c5ccc6c(c5)c5ccc(C#N)cc5n6-c5ccccc5)cc4)c(C=C)c(C=C)c3c2c1C=C. The van der Waals surface area contributed by atoms with Crippen LogP contribution in [0.3, 0.4) is 0 Å². The summed E-state index contributed by atoms with van der Waals surface area (Å²) in [6, 6.07) is 50.7. The molecule has 0 spiro atoms. The van der Waals surface area contributed by atoms with E-state index in [0.29, 0.717) is 5.56 Å². The van der Waals surface area contributed by atoms with Crippen molar-refractivity contribution in [1.82, 2.24) is 9.55 Å². The minimum absolute atomic E-state index is 0.637. The first kappa shape index (κ1) is 33.3. The lowest BCUT2D eigenvalue weighted by Gasteiger charge is -2.20. The van der Waals surface area contributed by atoms with E-state index in [1.165, 1.54) is 0 Å². The average molecular weight is 702 g/mol. The first-order valence-electron chi connectivity index (χ1n) is 18.2. The highest BCUT2D eigenvalue weighted by Crippen LogP contribution is 2.44. The molecule has 0 bridgehead atoms. The minimum Gasteiger partial charge on any atom is -0.309 e. The largest absolute Gasteiger partial charge is 0.309 e. The Hall–Kier alpha value is -7.54. The van der Waals surface area contributed by atoms with Gasteiger partial charge < -0.3 is 4.57 Å². The predicted molar refractivity (Wildman–Crippen MR) is 235 cm³/mol. The van der Waals surface area contributed by atoms with Gasteiger partial charge in [0.05, 0.1) is 33.9 Å². The van der Waals surface area contributed by atoms with Crippen molar-refractivity contribution in [2.45, 2.75) is 0 Å². The Balaban J connectivity index is 1.24. The summed E-state index contributed by atoms with van der Waals surface area (Å²) in [5, 5.41) is 15.1. The number of hydrogen-bond donors (Lipinski definition) is 0. The van der Waals surface area contributed by atoms with Crippen LogP contribution in [0, 0.1) is 11.3 Å². The molecule has 9 rings (SSSR count). The third-order valence-electron chi connectivity index (χ3n) is 10.7. The molecule has 55 heavy (non-hydrogen) atoms. The summed E-state index contributed by atoms with van der Waals surface area (Å²) in [7, 11) is 0. The van der Waals surface area contributed by atoms with Crippen LogP contribution in [0.4, 0.5) is 0 Å². The van der Waals surface area contributed by atoms with Crippen LogP contribution in [0.25, 0.3) is 107 Å². The van der Waals surface area contributed by atoms with Gasteiger partial charge in [0.15, 0.2) is 0 Å². The molecular formula is C52H35N3. The van der Waals surface area contributed by atoms with Crippen LogP contribution in [0.15, 0.2) is 166 Å². The van der Waals surface area contributed by atoms with Gasteiger partial charge in [-0.25, -0.2) is 4.98 Å². The van der Waals surface area contributed by atoms with E-state index in [2.05, 4.69) is 140 Å². The normalized spacial score (nSPS) is 11.2. The highest BCUT2D eigenvalue weighted by atomic mass is 15.0. The van der Waals surface area contributed by atoms with Crippen molar-refractivity contribution in [3.05, 3.63) is 194 Å². The maximum atomic E-state index is 9.71. The summed E-state index contributed by atoms with van der Waals surface area (Å²) < 4.78 is 2.24. The van der Waals surface area contributed by atoms with Crippen molar-refractivity contribution < 1.29 is 0 Å². The highest BCUT2D eigenvalue weighted by Gasteiger charge is 2.21. The molecule has 0 radical (unpaired) electrons. The Bertz CT molecular complexity index is 3080. The van der Waals surface area contributed by atoms with Gasteiger partial charge in [-0.3, -0.25) is 0 Å². The van der Waals surface area contributed by atoms with Crippen LogP contribution in [0.2, 0.25) is 0 Å². The van der Waals surface area contributed by atoms with E-state index in [1.54, 1.807) is 0 Å². The maximum absolute atomic E-state index is 9.71. The predicted octanol–water partition coefficient (Wildman–Crippen LogP) is 13.9. The number of benzene rings is 7. The van der Waals surface area contributed by atoms with E-state index in [-0.39, 0.29) is 0 Å². The second kappa shape index (κ2) is 13.5.